The molecule has 1 aliphatic heterocycles. The van der Waals surface area contributed by atoms with E-state index < -0.39 is 11.9 Å². The summed E-state index contributed by atoms with van der Waals surface area (Å²) >= 11 is 0. The van der Waals surface area contributed by atoms with Crippen LogP contribution in [0.3, 0.4) is 0 Å². The van der Waals surface area contributed by atoms with E-state index in [2.05, 4.69) is 15.4 Å². The average Bonchev–Trinajstić information content (AvgIpc) is 2.89. The summed E-state index contributed by atoms with van der Waals surface area (Å²) in [6.45, 7) is 2.72. The van der Waals surface area contributed by atoms with Gasteiger partial charge in [-0.25, -0.2) is 0 Å². The molecule has 1 heterocycles. The molecule has 1 fully saturated rings. The number of nitrogens with one attached hydrogen (secondary N) is 2. The molecule has 1 aliphatic rings. The van der Waals surface area contributed by atoms with Crippen LogP contribution in [0.1, 0.15) is 26.2 Å². The van der Waals surface area contributed by atoms with E-state index in [-0.39, 0.29) is 24.1 Å². The van der Waals surface area contributed by atoms with Crippen LogP contribution in [0.25, 0.3) is 0 Å². The zero-order valence-electron chi connectivity index (χ0n) is 12.0. The number of hydrogen-bond donors (Lipinski definition) is 2. The van der Waals surface area contributed by atoms with E-state index in [9.17, 15) is 18.0 Å². The van der Waals surface area contributed by atoms with Crippen molar-refractivity contribution in [2.45, 2.75) is 38.1 Å². The van der Waals surface area contributed by atoms with Crippen LogP contribution in [0.15, 0.2) is 24.3 Å². The molecule has 0 bridgehead atoms. The van der Waals surface area contributed by atoms with Crippen molar-refractivity contribution in [3.05, 3.63) is 24.3 Å². The van der Waals surface area contributed by atoms with Crippen molar-refractivity contribution in [1.29, 1.82) is 0 Å². The average molecular weight is 339 g/mol. The van der Waals surface area contributed by atoms with Crippen molar-refractivity contribution in [2.75, 3.05) is 11.9 Å². The summed E-state index contributed by atoms with van der Waals surface area (Å²) in [4.78, 5) is 12.3. The number of carbonyl (C=O) groups is 1. The Morgan fingerprint density at radius 1 is 1.36 bits per heavy atom. The quantitative estimate of drug-likeness (QED) is 0.883. The SMILES string of the molecule is CCC1(C(=O)Nc2ccc(OC(F)(F)F)cc2)CCCN1.Cl. The van der Waals surface area contributed by atoms with Gasteiger partial charge in [0.2, 0.25) is 5.91 Å². The molecule has 0 saturated carbocycles. The van der Waals surface area contributed by atoms with Crippen molar-refractivity contribution in [2.24, 2.45) is 0 Å². The Labute approximate surface area is 132 Å². The first-order valence-electron chi connectivity index (χ1n) is 6.77. The smallest absolute Gasteiger partial charge is 0.406 e. The Morgan fingerprint density at radius 2 is 2.00 bits per heavy atom. The Kier molecular flexibility index (Phi) is 6.08. The van der Waals surface area contributed by atoms with Gasteiger partial charge in [-0.3, -0.25) is 4.79 Å². The van der Waals surface area contributed by atoms with Gasteiger partial charge in [0.05, 0.1) is 5.54 Å². The Hall–Kier alpha value is -1.47. The Morgan fingerprint density at radius 3 is 2.45 bits per heavy atom. The number of rotatable bonds is 4. The number of halogens is 4. The lowest BCUT2D eigenvalue weighted by Gasteiger charge is -2.26. The maximum Gasteiger partial charge on any atom is 0.573 e. The van der Waals surface area contributed by atoms with Gasteiger partial charge >= 0.3 is 6.36 Å². The maximum atomic E-state index is 12.3. The third-order valence-corrected chi connectivity index (χ3v) is 3.63. The van der Waals surface area contributed by atoms with Gasteiger partial charge in [0.25, 0.3) is 0 Å². The molecular weight excluding hydrogens is 321 g/mol. The lowest BCUT2D eigenvalue weighted by molar-refractivity contribution is -0.274. The van der Waals surface area contributed by atoms with Gasteiger partial charge in [0, 0.05) is 5.69 Å². The monoisotopic (exact) mass is 338 g/mol. The highest BCUT2D eigenvalue weighted by Crippen LogP contribution is 2.27. The predicted molar refractivity (Wildman–Crippen MR) is 79.3 cm³/mol. The van der Waals surface area contributed by atoms with Gasteiger partial charge in [-0.2, -0.15) is 0 Å². The van der Waals surface area contributed by atoms with Crippen molar-refractivity contribution in [3.8, 4) is 5.75 Å². The maximum absolute atomic E-state index is 12.3. The third kappa shape index (κ3) is 4.51. The van der Waals surface area contributed by atoms with Crippen LogP contribution in [0.2, 0.25) is 0 Å². The minimum Gasteiger partial charge on any atom is -0.406 e. The highest BCUT2D eigenvalue weighted by atomic mass is 35.5. The fourth-order valence-electron chi connectivity index (χ4n) is 2.45. The molecule has 0 aliphatic carbocycles. The van der Waals surface area contributed by atoms with Crippen molar-refractivity contribution in [3.63, 3.8) is 0 Å². The second kappa shape index (κ2) is 7.19. The highest BCUT2D eigenvalue weighted by Gasteiger charge is 2.39. The Bertz CT molecular complexity index is 500. The highest BCUT2D eigenvalue weighted by molar-refractivity contribution is 5.98. The van der Waals surface area contributed by atoms with Crippen LogP contribution < -0.4 is 15.4 Å². The molecule has 2 N–H and O–H groups in total. The van der Waals surface area contributed by atoms with E-state index in [1.807, 2.05) is 6.92 Å². The fourth-order valence-corrected chi connectivity index (χ4v) is 2.45. The van der Waals surface area contributed by atoms with Gasteiger partial charge in [-0.05, 0) is 50.1 Å². The molecule has 1 atom stereocenters. The molecule has 1 aromatic carbocycles. The molecule has 1 aromatic rings. The molecular formula is C14H18ClF3N2O2. The van der Waals surface area contributed by atoms with Crippen LogP contribution >= 0.6 is 12.4 Å². The number of benzene rings is 1. The zero-order chi connectivity index (χ0) is 15.5. The first kappa shape index (κ1) is 18.6. The molecule has 0 aromatic heterocycles. The van der Waals surface area contributed by atoms with E-state index in [4.69, 9.17) is 0 Å². The van der Waals surface area contributed by atoms with Crippen molar-refractivity contribution >= 4 is 24.0 Å². The van der Waals surface area contributed by atoms with Crippen LogP contribution in [-0.4, -0.2) is 24.4 Å². The van der Waals surface area contributed by atoms with Gasteiger partial charge in [-0.15, -0.1) is 25.6 Å². The summed E-state index contributed by atoms with van der Waals surface area (Å²) in [6.07, 6.45) is -2.37. The molecule has 1 saturated heterocycles. The molecule has 2 rings (SSSR count). The van der Waals surface area contributed by atoms with E-state index in [1.165, 1.54) is 24.3 Å². The minimum atomic E-state index is -4.72. The fraction of sp³-hybridized carbons (Fsp3) is 0.500. The summed E-state index contributed by atoms with van der Waals surface area (Å²) in [6, 6.07) is 5.11. The second-order valence-corrected chi connectivity index (χ2v) is 4.99. The predicted octanol–water partition coefficient (Wildman–Crippen LogP) is 3.48. The first-order chi connectivity index (χ1) is 9.85. The number of amides is 1. The molecule has 22 heavy (non-hydrogen) atoms. The molecule has 4 nitrogen and oxygen atoms in total. The molecule has 1 unspecified atom stereocenters. The van der Waals surface area contributed by atoms with Crippen LogP contribution in [-0.2, 0) is 4.79 Å². The molecule has 124 valence electrons. The standard InChI is InChI=1S/C14H17F3N2O2.ClH/c1-2-13(8-3-9-18-13)12(20)19-10-4-6-11(7-5-10)21-14(15,16)17;/h4-7,18H,2-3,8-9H2,1H3,(H,19,20);1H. The van der Waals surface area contributed by atoms with Gasteiger partial charge < -0.3 is 15.4 Å². The molecule has 8 heteroatoms. The minimum absolute atomic E-state index is 0. The largest absolute Gasteiger partial charge is 0.573 e. The third-order valence-electron chi connectivity index (χ3n) is 3.63. The van der Waals surface area contributed by atoms with Crippen LogP contribution in [0, 0.1) is 0 Å². The molecule has 0 radical (unpaired) electrons. The summed E-state index contributed by atoms with van der Waals surface area (Å²) in [5, 5.41) is 5.92. The van der Waals surface area contributed by atoms with Crippen molar-refractivity contribution < 1.29 is 22.7 Å². The number of ether oxygens (including phenoxy) is 1. The summed E-state index contributed by atoms with van der Waals surface area (Å²) < 4.78 is 39.9. The molecule has 0 spiro atoms. The summed E-state index contributed by atoms with van der Waals surface area (Å²) in [7, 11) is 0. The number of carbonyl (C=O) groups excluding carboxylic acids is 1. The second-order valence-electron chi connectivity index (χ2n) is 4.99. The summed E-state index contributed by atoms with van der Waals surface area (Å²) in [5.41, 5.74) is -0.141. The van der Waals surface area contributed by atoms with Gasteiger partial charge in [-0.1, -0.05) is 6.92 Å². The first-order valence-corrected chi connectivity index (χ1v) is 6.77. The lowest BCUT2D eigenvalue weighted by atomic mass is 9.93. The van der Waals surface area contributed by atoms with E-state index >= 15 is 0 Å². The van der Waals surface area contributed by atoms with Gasteiger partial charge in [0.1, 0.15) is 5.75 Å². The Balaban J connectivity index is 0.00000242. The number of alkyl halides is 3. The topological polar surface area (TPSA) is 50.4 Å². The number of hydrogen-bond acceptors (Lipinski definition) is 3. The lowest BCUT2D eigenvalue weighted by Crippen LogP contribution is -2.50. The van der Waals surface area contributed by atoms with E-state index in [1.54, 1.807) is 0 Å². The zero-order valence-corrected chi connectivity index (χ0v) is 12.8. The van der Waals surface area contributed by atoms with E-state index in [0.29, 0.717) is 12.1 Å². The van der Waals surface area contributed by atoms with Gasteiger partial charge in [0.15, 0.2) is 0 Å². The van der Waals surface area contributed by atoms with Crippen LogP contribution in [0.5, 0.6) is 5.75 Å². The normalized spacial score (nSPS) is 21.1. The number of anilines is 1. The van der Waals surface area contributed by atoms with Crippen molar-refractivity contribution in [1.82, 2.24) is 5.32 Å². The van der Waals surface area contributed by atoms with E-state index in [0.717, 1.165) is 19.4 Å². The molecule has 1 amide bonds. The summed E-state index contributed by atoms with van der Waals surface area (Å²) in [5.74, 6) is -0.475. The van der Waals surface area contributed by atoms with Crippen LogP contribution in [0.4, 0.5) is 18.9 Å².